The molecule has 0 radical (unpaired) electrons. The van der Waals surface area contributed by atoms with Crippen LogP contribution in [-0.4, -0.2) is 23.4 Å². The van der Waals surface area contributed by atoms with E-state index < -0.39 is 0 Å². The largest absolute Gasteiger partial charge is 0.399 e. The lowest BCUT2D eigenvalue weighted by molar-refractivity contribution is -0.135. The summed E-state index contributed by atoms with van der Waals surface area (Å²) in [5, 5.41) is 0. The first kappa shape index (κ1) is 18.8. The third kappa shape index (κ3) is 5.20. The van der Waals surface area contributed by atoms with Crippen LogP contribution < -0.4 is 5.73 Å². The molecule has 1 fully saturated rings. The SMILES string of the molecule is CC(C)CC1CCCCN1C(=O)CCc1ccccc1N.Cl. The topological polar surface area (TPSA) is 46.3 Å². The summed E-state index contributed by atoms with van der Waals surface area (Å²) in [7, 11) is 0. The van der Waals surface area contributed by atoms with Crippen molar-refractivity contribution in [2.24, 2.45) is 5.92 Å². The fourth-order valence-corrected chi connectivity index (χ4v) is 3.27. The number of hydrogen-bond acceptors (Lipinski definition) is 2. The highest BCUT2D eigenvalue weighted by molar-refractivity contribution is 5.85. The minimum atomic E-state index is 0. The van der Waals surface area contributed by atoms with Crippen LogP contribution in [-0.2, 0) is 11.2 Å². The number of benzene rings is 1. The summed E-state index contributed by atoms with van der Waals surface area (Å²) in [4.78, 5) is 14.7. The molecular formula is C18H29ClN2O. The van der Waals surface area contributed by atoms with Gasteiger partial charge in [-0.05, 0) is 49.7 Å². The summed E-state index contributed by atoms with van der Waals surface area (Å²) in [5.41, 5.74) is 7.83. The molecule has 1 aliphatic rings. The normalized spacial score (nSPS) is 18.1. The molecule has 1 aromatic rings. The highest BCUT2D eigenvalue weighted by atomic mass is 35.5. The number of nitrogens with zero attached hydrogens (tertiary/aromatic N) is 1. The Morgan fingerprint density at radius 2 is 2.05 bits per heavy atom. The first-order chi connectivity index (χ1) is 10.1. The average Bonchev–Trinajstić information content (AvgIpc) is 2.46. The van der Waals surface area contributed by atoms with E-state index >= 15 is 0 Å². The lowest BCUT2D eigenvalue weighted by atomic mass is 9.93. The van der Waals surface area contributed by atoms with E-state index in [1.807, 2.05) is 24.3 Å². The molecule has 2 N–H and O–H groups in total. The van der Waals surface area contributed by atoms with Gasteiger partial charge < -0.3 is 10.6 Å². The van der Waals surface area contributed by atoms with Crippen molar-refractivity contribution in [3.8, 4) is 0 Å². The van der Waals surface area contributed by atoms with Crippen molar-refractivity contribution < 1.29 is 4.79 Å². The number of carbonyl (C=O) groups is 1. The number of para-hydroxylation sites is 1. The number of aryl methyl sites for hydroxylation is 1. The fraction of sp³-hybridized carbons (Fsp3) is 0.611. The van der Waals surface area contributed by atoms with E-state index in [-0.39, 0.29) is 12.4 Å². The Hall–Kier alpha value is -1.22. The predicted molar refractivity (Wildman–Crippen MR) is 95.2 cm³/mol. The molecule has 22 heavy (non-hydrogen) atoms. The van der Waals surface area contributed by atoms with Crippen molar-refractivity contribution in [2.75, 3.05) is 12.3 Å². The van der Waals surface area contributed by atoms with E-state index in [9.17, 15) is 4.79 Å². The maximum absolute atomic E-state index is 12.6. The van der Waals surface area contributed by atoms with Gasteiger partial charge in [0.05, 0.1) is 0 Å². The van der Waals surface area contributed by atoms with Gasteiger partial charge in [0.25, 0.3) is 0 Å². The molecule has 0 spiro atoms. The molecule has 2 rings (SSSR count). The van der Waals surface area contributed by atoms with Crippen molar-refractivity contribution in [2.45, 2.75) is 58.4 Å². The van der Waals surface area contributed by atoms with Crippen LogP contribution in [0.3, 0.4) is 0 Å². The van der Waals surface area contributed by atoms with Gasteiger partial charge in [-0.25, -0.2) is 0 Å². The second-order valence-electron chi connectivity index (χ2n) is 6.57. The molecule has 0 aliphatic carbocycles. The van der Waals surface area contributed by atoms with Crippen molar-refractivity contribution in [3.05, 3.63) is 29.8 Å². The monoisotopic (exact) mass is 324 g/mol. The molecule has 1 atom stereocenters. The number of likely N-dealkylation sites (tertiary alicyclic amines) is 1. The standard InChI is InChI=1S/C18H28N2O.ClH/c1-14(2)13-16-8-5-6-12-20(16)18(21)11-10-15-7-3-4-9-17(15)19;/h3-4,7,9,14,16H,5-6,8,10-13,19H2,1-2H3;1H. The zero-order chi connectivity index (χ0) is 15.2. The average molecular weight is 325 g/mol. The summed E-state index contributed by atoms with van der Waals surface area (Å²) < 4.78 is 0. The Morgan fingerprint density at radius 1 is 1.32 bits per heavy atom. The van der Waals surface area contributed by atoms with E-state index in [1.54, 1.807) is 0 Å². The number of anilines is 1. The maximum Gasteiger partial charge on any atom is 0.223 e. The Kier molecular flexibility index (Phi) is 7.74. The van der Waals surface area contributed by atoms with Gasteiger partial charge in [0.2, 0.25) is 5.91 Å². The molecule has 4 heteroatoms. The first-order valence-electron chi connectivity index (χ1n) is 8.20. The molecule has 1 aromatic carbocycles. The number of halogens is 1. The molecular weight excluding hydrogens is 296 g/mol. The molecule has 3 nitrogen and oxygen atoms in total. The van der Waals surface area contributed by atoms with Crippen LogP contribution in [0.15, 0.2) is 24.3 Å². The number of nitrogens with two attached hydrogens (primary N) is 1. The van der Waals surface area contributed by atoms with Gasteiger partial charge in [0.15, 0.2) is 0 Å². The Balaban J connectivity index is 0.00000242. The van der Waals surface area contributed by atoms with Gasteiger partial charge in [0.1, 0.15) is 0 Å². The molecule has 1 unspecified atom stereocenters. The second kappa shape index (κ2) is 9.04. The fourth-order valence-electron chi connectivity index (χ4n) is 3.27. The third-order valence-electron chi connectivity index (χ3n) is 4.35. The Bertz CT molecular complexity index is 476. The molecule has 0 bridgehead atoms. The highest BCUT2D eigenvalue weighted by Gasteiger charge is 2.26. The van der Waals surface area contributed by atoms with Crippen LogP contribution in [0.4, 0.5) is 5.69 Å². The molecule has 1 saturated heterocycles. The van der Waals surface area contributed by atoms with Crippen LogP contribution in [0.25, 0.3) is 0 Å². The summed E-state index contributed by atoms with van der Waals surface area (Å²) in [6.45, 7) is 5.41. The molecule has 1 aliphatic heterocycles. The molecule has 124 valence electrons. The van der Waals surface area contributed by atoms with Gasteiger partial charge in [-0.15, -0.1) is 12.4 Å². The van der Waals surface area contributed by atoms with Gasteiger partial charge in [0, 0.05) is 24.7 Å². The van der Waals surface area contributed by atoms with Crippen LogP contribution >= 0.6 is 12.4 Å². The van der Waals surface area contributed by atoms with Crippen molar-refractivity contribution >= 4 is 24.0 Å². The maximum atomic E-state index is 12.6. The first-order valence-corrected chi connectivity index (χ1v) is 8.20. The number of hydrogen-bond donors (Lipinski definition) is 1. The molecule has 1 amide bonds. The summed E-state index contributed by atoms with van der Waals surface area (Å²) in [6, 6.07) is 8.29. The highest BCUT2D eigenvalue weighted by Crippen LogP contribution is 2.24. The minimum absolute atomic E-state index is 0. The van der Waals surface area contributed by atoms with Crippen LogP contribution in [0.1, 0.15) is 51.5 Å². The molecule has 0 aromatic heterocycles. The van der Waals surface area contributed by atoms with Gasteiger partial charge in [-0.1, -0.05) is 32.0 Å². The second-order valence-corrected chi connectivity index (χ2v) is 6.57. The van der Waals surface area contributed by atoms with Crippen LogP contribution in [0.2, 0.25) is 0 Å². The zero-order valence-electron chi connectivity index (χ0n) is 13.8. The summed E-state index contributed by atoms with van der Waals surface area (Å²) in [5.74, 6) is 0.941. The number of piperidine rings is 1. The van der Waals surface area contributed by atoms with E-state index in [0.717, 1.165) is 43.5 Å². The van der Waals surface area contributed by atoms with E-state index in [1.165, 1.54) is 6.42 Å². The van der Waals surface area contributed by atoms with Crippen LogP contribution in [0, 0.1) is 5.92 Å². The third-order valence-corrected chi connectivity index (χ3v) is 4.35. The number of rotatable bonds is 5. The number of amides is 1. The lowest BCUT2D eigenvalue weighted by Crippen LogP contribution is -2.44. The van der Waals surface area contributed by atoms with Gasteiger partial charge >= 0.3 is 0 Å². The molecule has 1 heterocycles. The Labute approximate surface area is 140 Å². The predicted octanol–water partition coefficient (Wildman–Crippen LogP) is 4.05. The number of carbonyl (C=O) groups excluding carboxylic acids is 1. The van der Waals surface area contributed by atoms with Gasteiger partial charge in [-0.2, -0.15) is 0 Å². The zero-order valence-corrected chi connectivity index (χ0v) is 14.6. The van der Waals surface area contributed by atoms with Crippen molar-refractivity contribution in [1.82, 2.24) is 4.90 Å². The van der Waals surface area contributed by atoms with Gasteiger partial charge in [-0.3, -0.25) is 4.79 Å². The van der Waals surface area contributed by atoms with Crippen LogP contribution in [0.5, 0.6) is 0 Å². The quantitative estimate of drug-likeness (QED) is 0.830. The molecule has 0 saturated carbocycles. The van der Waals surface area contributed by atoms with E-state index in [0.29, 0.717) is 24.3 Å². The number of nitrogen functional groups attached to an aromatic ring is 1. The summed E-state index contributed by atoms with van der Waals surface area (Å²) in [6.07, 6.45) is 6.01. The van der Waals surface area contributed by atoms with Crippen molar-refractivity contribution in [1.29, 1.82) is 0 Å². The lowest BCUT2D eigenvalue weighted by Gasteiger charge is -2.37. The minimum Gasteiger partial charge on any atom is -0.399 e. The smallest absolute Gasteiger partial charge is 0.223 e. The van der Waals surface area contributed by atoms with E-state index in [4.69, 9.17) is 5.73 Å². The summed E-state index contributed by atoms with van der Waals surface area (Å²) >= 11 is 0. The Morgan fingerprint density at radius 3 is 2.73 bits per heavy atom. The van der Waals surface area contributed by atoms with E-state index in [2.05, 4.69) is 18.7 Å². The van der Waals surface area contributed by atoms with Crippen molar-refractivity contribution in [3.63, 3.8) is 0 Å².